The van der Waals surface area contributed by atoms with Gasteiger partial charge in [-0.25, -0.2) is 4.39 Å². The highest BCUT2D eigenvalue weighted by Gasteiger charge is 2.17. The van der Waals surface area contributed by atoms with Crippen molar-refractivity contribution in [2.45, 2.75) is 13.0 Å². The van der Waals surface area contributed by atoms with Crippen LogP contribution < -0.4 is 10.6 Å². The largest absolute Gasteiger partial charge is 0.387 e. The number of halogens is 1. The molecule has 0 bridgehead atoms. The number of fused-ring (bicyclic) bond motifs is 1. The molecule has 0 unspecified atom stereocenters. The van der Waals surface area contributed by atoms with Crippen LogP contribution in [0, 0.1) is 12.7 Å². The Hall–Kier alpha value is -3.19. The predicted octanol–water partition coefficient (Wildman–Crippen LogP) is 2.41. The number of rotatable bonds is 4. The first-order chi connectivity index (χ1) is 12.8. The van der Waals surface area contributed by atoms with Gasteiger partial charge in [0.25, 0.3) is 0 Å². The van der Waals surface area contributed by atoms with Gasteiger partial charge in [-0.1, -0.05) is 12.1 Å². The summed E-state index contributed by atoms with van der Waals surface area (Å²) in [5, 5.41) is 15.9. The molecule has 0 radical (unpaired) electrons. The molecule has 3 rings (SSSR count). The van der Waals surface area contributed by atoms with Crippen LogP contribution >= 0.6 is 0 Å². The first-order valence-corrected chi connectivity index (χ1v) is 8.43. The van der Waals surface area contributed by atoms with E-state index in [2.05, 4.69) is 10.6 Å². The lowest BCUT2D eigenvalue weighted by Crippen LogP contribution is -2.37. The molecule has 7 heteroatoms. The Kier molecular flexibility index (Phi) is 5.23. The SMILES string of the molecule is Cc1ccc(NC(=O)C(=O)NC[C@@H](O)c2ccc3c(ccn3C)c2)cc1F. The van der Waals surface area contributed by atoms with Gasteiger partial charge in [-0.3, -0.25) is 9.59 Å². The lowest BCUT2D eigenvalue weighted by molar-refractivity contribution is -0.136. The predicted molar refractivity (Wildman–Crippen MR) is 101 cm³/mol. The van der Waals surface area contributed by atoms with Gasteiger partial charge in [0.1, 0.15) is 5.82 Å². The summed E-state index contributed by atoms with van der Waals surface area (Å²) >= 11 is 0. The van der Waals surface area contributed by atoms with Gasteiger partial charge < -0.3 is 20.3 Å². The van der Waals surface area contributed by atoms with E-state index in [1.54, 1.807) is 13.0 Å². The topological polar surface area (TPSA) is 83.4 Å². The summed E-state index contributed by atoms with van der Waals surface area (Å²) in [6.07, 6.45) is 0.962. The number of aromatic nitrogens is 1. The molecule has 0 aliphatic carbocycles. The van der Waals surface area contributed by atoms with E-state index < -0.39 is 23.7 Å². The minimum absolute atomic E-state index is 0.118. The monoisotopic (exact) mass is 369 g/mol. The Morgan fingerprint density at radius 1 is 1.15 bits per heavy atom. The zero-order chi connectivity index (χ0) is 19.6. The number of benzene rings is 2. The third kappa shape index (κ3) is 4.15. The van der Waals surface area contributed by atoms with Crippen LogP contribution in [0.3, 0.4) is 0 Å². The molecule has 140 valence electrons. The smallest absolute Gasteiger partial charge is 0.313 e. The first kappa shape index (κ1) is 18.6. The maximum absolute atomic E-state index is 13.5. The molecule has 6 nitrogen and oxygen atoms in total. The van der Waals surface area contributed by atoms with Crippen molar-refractivity contribution in [1.29, 1.82) is 0 Å². The summed E-state index contributed by atoms with van der Waals surface area (Å²) < 4.78 is 15.5. The van der Waals surface area contributed by atoms with E-state index in [9.17, 15) is 19.1 Å². The van der Waals surface area contributed by atoms with E-state index in [0.717, 1.165) is 17.0 Å². The normalized spacial score (nSPS) is 12.0. The van der Waals surface area contributed by atoms with Gasteiger partial charge in [-0.2, -0.15) is 0 Å². The molecule has 0 aliphatic heterocycles. The van der Waals surface area contributed by atoms with Gasteiger partial charge in [-0.15, -0.1) is 0 Å². The number of aryl methyl sites for hydroxylation is 2. The molecule has 2 aromatic carbocycles. The Bertz CT molecular complexity index is 1010. The van der Waals surface area contributed by atoms with Crippen LogP contribution in [0.4, 0.5) is 10.1 Å². The Labute approximate surface area is 155 Å². The lowest BCUT2D eigenvalue weighted by Gasteiger charge is -2.13. The van der Waals surface area contributed by atoms with Gasteiger partial charge >= 0.3 is 11.8 Å². The van der Waals surface area contributed by atoms with E-state index >= 15 is 0 Å². The van der Waals surface area contributed by atoms with Crippen LogP contribution in [-0.4, -0.2) is 28.0 Å². The standard InChI is InChI=1S/C20H20FN3O3/c1-12-3-5-15(10-16(12)21)23-20(27)19(26)22-11-18(25)14-4-6-17-13(9-14)7-8-24(17)2/h3-10,18,25H,11H2,1-2H3,(H,22,26)(H,23,27)/t18-/m1/s1. The fourth-order valence-corrected chi connectivity index (χ4v) is 2.75. The number of aliphatic hydroxyl groups is 1. The average Bonchev–Trinajstić information content (AvgIpc) is 3.02. The number of hydrogen-bond donors (Lipinski definition) is 3. The van der Waals surface area contributed by atoms with E-state index in [4.69, 9.17) is 0 Å². The molecule has 0 spiro atoms. The average molecular weight is 369 g/mol. The fraction of sp³-hybridized carbons (Fsp3) is 0.200. The van der Waals surface area contributed by atoms with Crippen molar-refractivity contribution in [3.63, 3.8) is 0 Å². The molecule has 0 saturated carbocycles. The number of carbonyl (C=O) groups is 2. The zero-order valence-corrected chi connectivity index (χ0v) is 15.0. The summed E-state index contributed by atoms with van der Waals surface area (Å²) in [5.41, 5.74) is 2.29. The third-order valence-electron chi connectivity index (χ3n) is 4.39. The van der Waals surface area contributed by atoms with Crippen molar-refractivity contribution < 1.29 is 19.1 Å². The first-order valence-electron chi connectivity index (χ1n) is 8.43. The van der Waals surface area contributed by atoms with Gasteiger partial charge in [0.05, 0.1) is 6.10 Å². The van der Waals surface area contributed by atoms with Gasteiger partial charge in [0, 0.05) is 31.0 Å². The number of hydrogen-bond acceptors (Lipinski definition) is 3. The Morgan fingerprint density at radius 2 is 1.93 bits per heavy atom. The van der Waals surface area contributed by atoms with Crippen molar-refractivity contribution in [1.82, 2.24) is 9.88 Å². The molecule has 0 aliphatic rings. The molecule has 1 heterocycles. The van der Waals surface area contributed by atoms with Crippen molar-refractivity contribution in [3.05, 3.63) is 65.6 Å². The van der Waals surface area contributed by atoms with Crippen LogP contribution in [0.25, 0.3) is 10.9 Å². The molecule has 0 fully saturated rings. The molecule has 1 atom stereocenters. The number of amides is 2. The van der Waals surface area contributed by atoms with E-state index in [0.29, 0.717) is 11.1 Å². The summed E-state index contributed by atoms with van der Waals surface area (Å²) in [4.78, 5) is 23.8. The molecule has 27 heavy (non-hydrogen) atoms. The molecule has 3 aromatic rings. The quantitative estimate of drug-likeness (QED) is 0.618. The second kappa shape index (κ2) is 7.59. The zero-order valence-electron chi connectivity index (χ0n) is 15.0. The maximum atomic E-state index is 13.5. The second-order valence-electron chi connectivity index (χ2n) is 6.39. The Morgan fingerprint density at radius 3 is 2.67 bits per heavy atom. The number of carbonyl (C=O) groups excluding carboxylic acids is 2. The molecular weight excluding hydrogens is 349 g/mol. The van der Waals surface area contributed by atoms with Gasteiger partial charge in [0.2, 0.25) is 0 Å². The number of nitrogens with zero attached hydrogens (tertiary/aromatic N) is 1. The summed E-state index contributed by atoms with van der Waals surface area (Å²) in [6.45, 7) is 1.48. The maximum Gasteiger partial charge on any atom is 0.313 e. The van der Waals surface area contributed by atoms with E-state index in [1.165, 1.54) is 12.1 Å². The van der Waals surface area contributed by atoms with Crippen molar-refractivity contribution in [3.8, 4) is 0 Å². The minimum Gasteiger partial charge on any atom is -0.387 e. The van der Waals surface area contributed by atoms with Crippen LogP contribution in [0.5, 0.6) is 0 Å². The highest BCUT2D eigenvalue weighted by atomic mass is 19.1. The van der Waals surface area contributed by atoms with E-state index in [-0.39, 0.29) is 12.2 Å². The molecule has 2 amide bonds. The summed E-state index contributed by atoms with van der Waals surface area (Å²) in [7, 11) is 1.93. The molecular formula is C20H20FN3O3. The van der Waals surface area contributed by atoms with Crippen LogP contribution in [0.15, 0.2) is 48.7 Å². The van der Waals surface area contributed by atoms with Crippen LogP contribution in [-0.2, 0) is 16.6 Å². The van der Waals surface area contributed by atoms with Crippen molar-refractivity contribution in [2.24, 2.45) is 7.05 Å². The molecule has 0 saturated heterocycles. The van der Waals surface area contributed by atoms with E-state index in [1.807, 2.05) is 36.0 Å². The third-order valence-corrected chi connectivity index (χ3v) is 4.39. The number of aliphatic hydroxyl groups excluding tert-OH is 1. The molecule has 3 N–H and O–H groups in total. The second-order valence-corrected chi connectivity index (χ2v) is 6.39. The van der Waals surface area contributed by atoms with Crippen molar-refractivity contribution >= 4 is 28.4 Å². The van der Waals surface area contributed by atoms with Crippen LogP contribution in [0.1, 0.15) is 17.2 Å². The fourth-order valence-electron chi connectivity index (χ4n) is 2.75. The Balaban J connectivity index is 1.58. The number of anilines is 1. The van der Waals surface area contributed by atoms with Gasteiger partial charge in [0.15, 0.2) is 0 Å². The summed E-state index contributed by atoms with van der Waals surface area (Å²) in [5.74, 6) is -2.31. The highest BCUT2D eigenvalue weighted by Crippen LogP contribution is 2.20. The van der Waals surface area contributed by atoms with Crippen molar-refractivity contribution in [2.75, 3.05) is 11.9 Å². The summed E-state index contributed by atoms with van der Waals surface area (Å²) in [6, 6.07) is 11.6. The lowest BCUT2D eigenvalue weighted by atomic mass is 10.1. The molecule has 1 aromatic heterocycles. The minimum atomic E-state index is -0.955. The number of nitrogens with one attached hydrogen (secondary N) is 2. The van der Waals surface area contributed by atoms with Gasteiger partial charge in [-0.05, 0) is 53.8 Å². The highest BCUT2D eigenvalue weighted by molar-refractivity contribution is 6.39. The van der Waals surface area contributed by atoms with Crippen LogP contribution in [0.2, 0.25) is 0 Å².